The van der Waals surface area contributed by atoms with Gasteiger partial charge in [-0.1, -0.05) is 20.8 Å². The van der Waals surface area contributed by atoms with Crippen molar-refractivity contribution in [1.82, 2.24) is 10.3 Å². The maximum Gasteiger partial charge on any atom is 0.115 e. The summed E-state index contributed by atoms with van der Waals surface area (Å²) in [7, 11) is 3.42. The van der Waals surface area contributed by atoms with Crippen molar-refractivity contribution in [2.24, 2.45) is 0 Å². The molecule has 1 atom stereocenters. The normalized spacial score (nSPS) is 15.5. The lowest BCUT2D eigenvalue weighted by atomic mass is 9.93. The maximum atomic E-state index is 5.35. The smallest absolute Gasteiger partial charge is 0.115 e. The largest absolute Gasteiger partial charge is 0.383 e. The van der Waals surface area contributed by atoms with E-state index in [1.54, 1.807) is 25.6 Å². The van der Waals surface area contributed by atoms with E-state index < -0.39 is 0 Å². The summed E-state index contributed by atoms with van der Waals surface area (Å²) in [5.41, 5.74) is 0.944. The number of thiazole rings is 1. The number of nitrogens with one attached hydrogen (secondary N) is 1. The monoisotopic (exact) mass is 286 g/mol. The Morgan fingerprint density at radius 3 is 2.37 bits per heavy atom. The van der Waals surface area contributed by atoms with E-state index in [0.29, 0.717) is 13.2 Å². The van der Waals surface area contributed by atoms with E-state index in [1.165, 1.54) is 0 Å². The first-order valence-corrected chi connectivity index (χ1v) is 7.41. The molecule has 0 amide bonds. The highest BCUT2D eigenvalue weighted by Gasteiger charge is 2.31. The Bertz CT molecular complexity index is 387. The molecule has 0 bridgehead atoms. The average Bonchev–Trinajstić information content (AvgIpc) is 2.79. The van der Waals surface area contributed by atoms with Gasteiger partial charge in [0.25, 0.3) is 0 Å². The highest BCUT2D eigenvalue weighted by Crippen LogP contribution is 2.30. The molecule has 0 aromatic carbocycles. The molecule has 0 saturated heterocycles. The molecule has 4 nitrogen and oxygen atoms in total. The van der Waals surface area contributed by atoms with Gasteiger partial charge in [-0.15, -0.1) is 11.3 Å². The minimum Gasteiger partial charge on any atom is -0.383 e. The SMILES string of the molecule is COCCNC(C)(COC)c1nc(C(C)(C)C)cs1. The summed E-state index contributed by atoms with van der Waals surface area (Å²) in [6.07, 6.45) is 0. The van der Waals surface area contributed by atoms with Crippen LogP contribution in [0.2, 0.25) is 0 Å². The second kappa shape index (κ2) is 6.79. The summed E-state index contributed by atoms with van der Waals surface area (Å²) in [6, 6.07) is 0. The second-order valence-corrected chi connectivity index (χ2v) is 6.83. The zero-order valence-electron chi connectivity index (χ0n) is 12.9. The summed E-state index contributed by atoms with van der Waals surface area (Å²) >= 11 is 1.69. The molecule has 1 rings (SSSR count). The third-order valence-electron chi connectivity index (χ3n) is 3.00. The number of methoxy groups -OCH3 is 2. The molecule has 1 aromatic rings. The molecule has 0 radical (unpaired) electrons. The standard InChI is InChI=1S/C14H26N2O2S/c1-13(2,3)11-9-19-12(16-11)14(4,10-18-6)15-7-8-17-5/h9,15H,7-8,10H2,1-6H3. The summed E-state index contributed by atoms with van der Waals surface area (Å²) in [5, 5.41) is 6.68. The molecular weight excluding hydrogens is 260 g/mol. The number of hydrogen-bond donors (Lipinski definition) is 1. The van der Waals surface area contributed by atoms with E-state index in [2.05, 4.69) is 38.4 Å². The molecule has 0 spiro atoms. The molecule has 1 heterocycles. The Labute approximate surface area is 120 Å². The van der Waals surface area contributed by atoms with Crippen LogP contribution in [0.25, 0.3) is 0 Å². The van der Waals surface area contributed by atoms with Crippen molar-refractivity contribution in [2.75, 3.05) is 34.0 Å². The van der Waals surface area contributed by atoms with Gasteiger partial charge in [-0.3, -0.25) is 0 Å². The number of rotatable bonds is 7. The molecule has 1 unspecified atom stereocenters. The van der Waals surface area contributed by atoms with Crippen LogP contribution in [0.15, 0.2) is 5.38 Å². The van der Waals surface area contributed by atoms with Crippen LogP contribution in [0, 0.1) is 0 Å². The van der Waals surface area contributed by atoms with Crippen molar-refractivity contribution < 1.29 is 9.47 Å². The Kier molecular flexibility index (Phi) is 5.92. The summed E-state index contributed by atoms with van der Waals surface area (Å²) in [4.78, 5) is 4.79. The van der Waals surface area contributed by atoms with Crippen molar-refractivity contribution in [3.63, 3.8) is 0 Å². The van der Waals surface area contributed by atoms with Crippen molar-refractivity contribution in [3.8, 4) is 0 Å². The topological polar surface area (TPSA) is 43.4 Å². The van der Waals surface area contributed by atoms with Crippen LogP contribution < -0.4 is 5.32 Å². The van der Waals surface area contributed by atoms with Crippen LogP contribution in [-0.4, -0.2) is 39.0 Å². The third kappa shape index (κ3) is 4.53. The molecule has 5 heteroatoms. The molecule has 0 aliphatic heterocycles. The molecule has 1 aromatic heterocycles. The summed E-state index contributed by atoms with van der Waals surface area (Å²) < 4.78 is 10.4. The minimum atomic E-state index is -0.262. The fourth-order valence-electron chi connectivity index (χ4n) is 1.78. The van der Waals surface area contributed by atoms with E-state index in [1.807, 2.05) is 0 Å². The predicted octanol–water partition coefficient (Wildman–Crippen LogP) is 2.54. The van der Waals surface area contributed by atoms with Gasteiger partial charge in [-0.05, 0) is 6.92 Å². The van der Waals surface area contributed by atoms with Crippen LogP contribution in [0.4, 0.5) is 0 Å². The first kappa shape index (κ1) is 16.6. The van der Waals surface area contributed by atoms with Gasteiger partial charge >= 0.3 is 0 Å². The average molecular weight is 286 g/mol. The molecule has 19 heavy (non-hydrogen) atoms. The maximum absolute atomic E-state index is 5.35. The van der Waals surface area contributed by atoms with Crippen molar-refractivity contribution in [3.05, 3.63) is 16.1 Å². The Morgan fingerprint density at radius 2 is 1.89 bits per heavy atom. The minimum absolute atomic E-state index is 0.0786. The van der Waals surface area contributed by atoms with E-state index in [0.717, 1.165) is 17.2 Å². The zero-order chi connectivity index (χ0) is 14.5. The zero-order valence-corrected chi connectivity index (χ0v) is 13.7. The molecule has 0 saturated carbocycles. The van der Waals surface area contributed by atoms with Crippen molar-refractivity contribution in [1.29, 1.82) is 0 Å². The third-order valence-corrected chi connectivity index (χ3v) is 4.11. The fraction of sp³-hybridized carbons (Fsp3) is 0.786. The highest BCUT2D eigenvalue weighted by molar-refractivity contribution is 7.09. The van der Waals surface area contributed by atoms with Gasteiger partial charge < -0.3 is 14.8 Å². The molecule has 110 valence electrons. The quantitative estimate of drug-likeness (QED) is 0.782. The van der Waals surface area contributed by atoms with E-state index in [4.69, 9.17) is 14.5 Å². The fourth-order valence-corrected chi connectivity index (χ4v) is 2.95. The van der Waals surface area contributed by atoms with E-state index >= 15 is 0 Å². The highest BCUT2D eigenvalue weighted by atomic mass is 32.1. The van der Waals surface area contributed by atoms with Crippen LogP contribution >= 0.6 is 11.3 Å². The number of nitrogens with zero attached hydrogens (tertiary/aromatic N) is 1. The van der Waals surface area contributed by atoms with Gasteiger partial charge in [0.2, 0.25) is 0 Å². The predicted molar refractivity (Wildman–Crippen MR) is 79.9 cm³/mol. The Morgan fingerprint density at radius 1 is 1.21 bits per heavy atom. The number of hydrogen-bond acceptors (Lipinski definition) is 5. The van der Waals surface area contributed by atoms with Gasteiger partial charge in [0.05, 0.1) is 24.4 Å². The van der Waals surface area contributed by atoms with Gasteiger partial charge in [0.15, 0.2) is 0 Å². The first-order chi connectivity index (χ1) is 8.83. The Balaban J connectivity index is 2.88. The van der Waals surface area contributed by atoms with Gasteiger partial charge in [0.1, 0.15) is 5.01 Å². The van der Waals surface area contributed by atoms with Gasteiger partial charge in [-0.25, -0.2) is 4.98 Å². The van der Waals surface area contributed by atoms with Crippen LogP contribution in [-0.2, 0) is 20.4 Å². The summed E-state index contributed by atoms with van der Waals surface area (Å²) in [5.74, 6) is 0. The van der Waals surface area contributed by atoms with E-state index in [-0.39, 0.29) is 11.0 Å². The van der Waals surface area contributed by atoms with Crippen LogP contribution in [0.1, 0.15) is 38.4 Å². The van der Waals surface area contributed by atoms with Crippen LogP contribution in [0.5, 0.6) is 0 Å². The number of aromatic nitrogens is 1. The lowest BCUT2D eigenvalue weighted by molar-refractivity contribution is 0.108. The van der Waals surface area contributed by atoms with Gasteiger partial charge in [0, 0.05) is 31.6 Å². The lowest BCUT2D eigenvalue weighted by Crippen LogP contribution is -2.45. The van der Waals surface area contributed by atoms with Gasteiger partial charge in [-0.2, -0.15) is 0 Å². The molecule has 0 aliphatic rings. The molecule has 0 fully saturated rings. The summed E-state index contributed by atoms with van der Waals surface area (Å²) in [6.45, 7) is 10.7. The molecule has 1 N–H and O–H groups in total. The van der Waals surface area contributed by atoms with Crippen molar-refractivity contribution in [2.45, 2.75) is 38.6 Å². The number of ether oxygens (including phenoxy) is 2. The van der Waals surface area contributed by atoms with Crippen LogP contribution in [0.3, 0.4) is 0 Å². The Hall–Kier alpha value is -0.490. The molecular formula is C14H26N2O2S. The van der Waals surface area contributed by atoms with E-state index in [9.17, 15) is 0 Å². The first-order valence-electron chi connectivity index (χ1n) is 6.53. The lowest BCUT2D eigenvalue weighted by Gasteiger charge is -2.28. The second-order valence-electron chi connectivity index (χ2n) is 5.97. The van der Waals surface area contributed by atoms with Crippen molar-refractivity contribution >= 4 is 11.3 Å². The molecule has 0 aliphatic carbocycles.